The number of aryl methyl sites for hydroxylation is 1. The molecule has 166 valence electrons. The van der Waals surface area contributed by atoms with Crippen molar-refractivity contribution in [2.75, 3.05) is 0 Å². The molecule has 0 bridgehead atoms. The summed E-state index contributed by atoms with van der Waals surface area (Å²) in [6.07, 6.45) is 6.60. The lowest BCUT2D eigenvalue weighted by molar-refractivity contribution is -0.140. The van der Waals surface area contributed by atoms with Crippen LogP contribution in [0.2, 0.25) is 0 Å². The van der Waals surface area contributed by atoms with Gasteiger partial charge < -0.3 is 19.9 Å². The van der Waals surface area contributed by atoms with E-state index in [4.69, 9.17) is 9.47 Å². The lowest BCUT2D eigenvalue weighted by Gasteiger charge is -2.26. The fraction of sp³-hybridized carbons (Fsp3) is 0.304. The molecule has 1 amide bonds. The van der Waals surface area contributed by atoms with Gasteiger partial charge in [0, 0.05) is 18.0 Å². The summed E-state index contributed by atoms with van der Waals surface area (Å²) in [5.74, 6) is -0.394. The molecular weight excluding hydrogens is 430 g/mol. The quantitative estimate of drug-likeness (QED) is 0.551. The van der Waals surface area contributed by atoms with E-state index < -0.39 is 17.9 Å². The number of benzene rings is 1. The van der Waals surface area contributed by atoms with Crippen molar-refractivity contribution < 1.29 is 24.2 Å². The number of aromatic nitrogens is 2. The molecule has 1 aliphatic rings. The Kier molecular flexibility index (Phi) is 6.36. The van der Waals surface area contributed by atoms with Crippen molar-refractivity contribution in [3.63, 3.8) is 0 Å². The van der Waals surface area contributed by atoms with E-state index in [1.807, 2.05) is 30.5 Å². The van der Waals surface area contributed by atoms with Crippen LogP contribution in [0.3, 0.4) is 0 Å². The number of nitrogens with one attached hydrogen (secondary N) is 1. The van der Waals surface area contributed by atoms with Crippen molar-refractivity contribution in [1.82, 2.24) is 15.3 Å². The first-order valence-corrected chi connectivity index (χ1v) is 11.1. The second-order valence-electron chi connectivity index (χ2n) is 7.83. The van der Waals surface area contributed by atoms with Crippen LogP contribution in [-0.2, 0) is 11.2 Å². The molecule has 0 fully saturated rings. The summed E-state index contributed by atoms with van der Waals surface area (Å²) in [5, 5.41) is 12.1. The molecule has 2 atom stereocenters. The van der Waals surface area contributed by atoms with Crippen LogP contribution >= 0.6 is 11.3 Å². The van der Waals surface area contributed by atoms with Crippen LogP contribution in [-0.4, -0.2) is 33.0 Å². The smallest absolute Gasteiger partial charge is 0.326 e. The van der Waals surface area contributed by atoms with E-state index in [0.717, 1.165) is 41.1 Å². The number of nitrogens with zero attached hydrogens (tertiary/aromatic N) is 2. The number of hydrogen-bond donors (Lipinski definition) is 2. The Hall–Kier alpha value is -3.46. The molecule has 0 radical (unpaired) electrons. The van der Waals surface area contributed by atoms with E-state index >= 15 is 0 Å². The van der Waals surface area contributed by atoms with Gasteiger partial charge in [-0.1, -0.05) is 31.3 Å². The maximum Gasteiger partial charge on any atom is 0.326 e. The zero-order valence-electron chi connectivity index (χ0n) is 17.6. The molecule has 8 nitrogen and oxygen atoms in total. The van der Waals surface area contributed by atoms with Gasteiger partial charge in [-0.15, -0.1) is 0 Å². The Morgan fingerprint density at radius 3 is 2.84 bits per heavy atom. The highest BCUT2D eigenvalue weighted by Crippen LogP contribution is 2.37. The third-order valence-electron chi connectivity index (χ3n) is 5.17. The molecule has 1 aliphatic heterocycles. The summed E-state index contributed by atoms with van der Waals surface area (Å²) >= 11 is 1.06. The minimum Gasteiger partial charge on any atom is -0.485 e. The highest BCUT2D eigenvalue weighted by molar-refractivity contribution is 7.15. The van der Waals surface area contributed by atoms with E-state index in [9.17, 15) is 14.7 Å². The van der Waals surface area contributed by atoms with E-state index in [0.29, 0.717) is 10.9 Å². The van der Waals surface area contributed by atoms with E-state index in [-0.39, 0.29) is 16.9 Å². The topological polar surface area (TPSA) is 111 Å². The predicted octanol–water partition coefficient (Wildman–Crippen LogP) is 4.24. The van der Waals surface area contributed by atoms with Crippen molar-refractivity contribution in [2.45, 2.75) is 38.8 Å². The third-order valence-corrected chi connectivity index (χ3v) is 6.04. The summed E-state index contributed by atoms with van der Waals surface area (Å²) < 4.78 is 12.0. The Morgan fingerprint density at radius 1 is 1.28 bits per heavy atom. The summed E-state index contributed by atoms with van der Waals surface area (Å²) in [5.41, 5.74) is 2.09. The first kappa shape index (κ1) is 21.8. The van der Waals surface area contributed by atoms with Crippen LogP contribution in [0.4, 0.5) is 0 Å². The van der Waals surface area contributed by atoms with E-state index in [2.05, 4.69) is 15.3 Å². The van der Waals surface area contributed by atoms with Crippen LogP contribution in [0.5, 0.6) is 16.7 Å². The highest BCUT2D eigenvalue weighted by Gasteiger charge is 2.25. The van der Waals surface area contributed by atoms with Gasteiger partial charge >= 0.3 is 5.97 Å². The number of amides is 1. The monoisotopic (exact) mass is 453 g/mol. The Bertz CT molecular complexity index is 1120. The number of fused-ring (bicyclic) bond motifs is 1. The average molecular weight is 454 g/mol. The second-order valence-corrected chi connectivity index (χ2v) is 8.82. The number of aliphatic carboxylic acids is 1. The number of pyridine rings is 1. The van der Waals surface area contributed by atoms with Crippen molar-refractivity contribution in [3.05, 3.63) is 64.9 Å². The number of carboxylic acids is 1. The number of ether oxygens (including phenoxy) is 2. The lowest BCUT2D eigenvalue weighted by atomic mass is 9.98. The first-order valence-electron chi connectivity index (χ1n) is 10.3. The van der Waals surface area contributed by atoms with Crippen LogP contribution in [0.15, 0.2) is 48.9 Å². The molecule has 1 unspecified atom stereocenters. The predicted molar refractivity (Wildman–Crippen MR) is 118 cm³/mol. The molecule has 3 heterocycles. The molecule has 1 aromatic carbocycles. The molecule has 0 saturated heterocycles. The van der Waals surface area contributed by atoms with Gasteiger partial charge in [-0.25, -0.2) is 9.78 Å². The lowest BCUT2D eigenvalue weighted by Crippen LogP contribution is -2.44. The third kappa shape index (κ3) is 4.88. The minimum absolute atomic E-state index is 0.0246. The molecule has 3 aromatic rings. The molecule has 2 N–H and O–H groups in total. The van der Waals surface area contributed by atoms with Crippen LogP contribution in [0.1, 0.15) is 47.2 Å². The SMILES string of the molecule is CC(C)[C@H](NC(=O)c1cnc(Oc2ccc3c(c2)CCC(c2cccnc2)O3)s1)C(=O)O. The van der Waals surface area contributed by atoms with Crippen molar-refractivity contribution in [1.29, 1.82) is 0 Å². The first-order chi connectivity index (χ1) is 15.4. The van der Waals surface area contributed by atoms with Crippen LogP contribution < -0.4 is 14.8 Å². The Morgan fingerprint density at radius 2 is 2.12 bits per heavy atom. The maximum absolute atomic E-state index is 12.4. The Labute approximate surface area is 189 Å². The van der Waals surface area contributed by atoms with Gasteiger partial charge in [0.25, 0.3) is 11.1 Å². The normalized spacial score (nSPS) is 16.0. The largest absolute Gasteiger partial charge is 0.485 e. The zero-order chi connectivity index (χ0) is 22.7. The van der Waals surface area contributed by atoms with Gasteiger partial charge in [0.2, 0.25) is 0 Å². The zero-order valence-corrected chi connectivity index (χ0v) is 18.5. The average Bonchev–Trinajstić information content (AvgIpc) is 3.25. The number of rotatable bonds is 7. The van der Waals surface area contributed by atoms with Gasteiger partial charge in [0.05, 0.1) is 6.20 Å². The highest BCUT2D eigenvalue weighted by atomic mass is 32.1. The fourth-order valence-electron chi connectivity index (χ4n) is 3.47. The van der Waals surface area contributed by atoms with Crippen molar-refractivity contribution in [3.8, 4) is 16.7 Å². The number of thiazole rings is 1. The maximum atomic E-state index is 12.4. The molecule has 32 heavy (non-hydrogen) atoms. The van der Waals surface area contributed by atoms with Gasteiger partial charge in [-0.3, -0.25) is 9.78 Å². The molecule has 2 aromatic heterocycles. The Balaban J connectivity index is 1.41. The van der Waals surface area contributed by atoms with Gasteiger partial charge in [0.15, 0.2) is 0 Å². The number of carboxylic acid groups (broad SMARTS) is 1. The number of hydrogen-bond acceptors (Lipinski definition) is 7. The van der Waals surface area contributed by atoms with Gasteiger partial charge in [0.1, 0.15) is 28.5 Å². The van der Waals surface area contributed by atoms with Gasteiger partial charge in [-0.2, -0.15) is 0 Å². The molecule has 0 saturated carbocycles. The van der Waals surface area contributed by atoms with Gasteiger partial charge in [-0.05, 0) is 48.6 Å². The summed E-state index contributed by atoms with van der Waals surface area (Å²) in [4.78, 5) is 32.3. The molecule has 9 heteroatoms. The summed E-state index contributed by atoms with van der Waals surface area (Å²) in [6, 6.07) is 8.52. The van der Waals surface area contributed by atoms with Crippen LogP contribution in [0, 0.1) is 5.92 Å². The molecular formula is C23H23N3O5S. The van der Waals surface area contributed by atoms with Crippen molar-refractivity contribution >= 4 is 23.2 Å². The standard InChI is InChI=1S/C23H23N3O5S/c1-13(2)20(22(28)29)26-21(27)19-12-25-23(32-19)30-16-6-8-17-14(10-16)5-7-18(31-17)15-4-3-9-24-11-15/h3-4,6,8-13,18,20H,5,7H2,1-2H3,(H,26,27)(H,28,29)/t18?,20-/m0/s1. The van der Waals surface area contributed by atoms with E-state index in [1.165, 1.54) is 6.20 Å². The summed E-state index contributed by atoms with van der Waals surface area (Å²) in [6.45, 7) is 3.47. The number of carbonyl (C=O) groups is 2. The minimum atomic E-state index is -1.07. The second kappa shape index (κ2) is 9.35. The van der Waals surface area contributed by atoms with Crippen molar-refractivity contribution in [2.24, 2.45) is 5.92 Å². The number of carbonyl (C=O) groups excluding carboxylic acids is 1. The molecule has 0 spiro atoms. The van der Waals surface area contributed by atoms with Crippen LogP contribution in [0.25, 0.3) is 0 Å². The molecule has 0 aliphatic carbocycles. The fourth-order valence-corrected chi connectivity index (χ4v) is 4.16. The summed E-state index contributed by atoms with van der Waals surface area (Å²) in [7, 11) is 0. The van der Waals surface area contributed by atoms with E-state index in [1.54, 1.807) is 26.1 Å². The molecule has 4 rings (SSSR count).